The maximum absolute atomic E-state index is 12.2. The summed E-state index contributed by atoms with van der Waals surface area (Å²) in [5, 5.41) is 0. The van der Waals surface area contributed by atoms with E-state index >= 15 is 0 Å². The molecule has 1 amide bonds. The molecule has 0 unspecified atom stereocenters. The molecule has 1 aromatic rings. The van der Waals surface area contributed by atoms with Crippen molar-refractivity contribution >= 4 is 5.91 Å². The van der Waals surface area contributed by atoms with E-state index < -0.39 is 0 Å². The van der Waals surface area contributed by atoms with Gasteiger partial charge in [0.2, 0.25) is 5.82 Å². The third-order valence-corrected chi connectivity index (χ3v) is 2.99. The highest BCUT2D eigenvalue weighted by Crippen LogP contribution is 2.05. The molecule has 0 aliphatic carbocycles. The standard InChI is InChI=1S/C12H18N4O2/c1-15-5-7-16(8-6-15)12(17)11-13-4-3-10(14-11)9-18-2/h3-4H,5-9H2,1-2H3. The van der Waals surface area contributed by atoms with Crippen LogP contribution < -0.4 is 0 Å². The first-order chi connectivity index (χ1) is 8.70. The summed E-state index contributed by atoms with van der Waals surface area (Å²) < 4.78 is 5.00. The summed E-state index contributed by atoms with van der Waals surface area (Å²) in [7, 11) is 3.65. The molecule has 0 bridgehead atoms. The highest BCUT2D eigenvalue weighted by Gasteiger charge is 2.22. The number of ether oxygens (including phenoxy) is 1. The van der Waals surface area contributed by atoms with E-state index in [0.29, 0.717) is 6.61 Å². The van der Waals surface area contributed by atoms with Gasteiger partial charge in [-0.25, -0.2) is 9.97 Å². The Balaban J connectivity index is 2.06. The summed E-state index contributed by atoms with van der Waals surface area (Å²) >= 11 is 0. The first-order valence-corrected chi connectivity index (χ1v) is 5.99. The lowest BCUT2D eigenvalue weighted by molar-refractivity contribution is 0.0650. The minimum Gasteiger partial charge on any atom is -0.378 e. The number of nitrogens with zero attached hydrogens (tertiary/aromatic N) is 4. The van der Waals surface area contributed by atoms with Crippen molar-refractivity contribution in [1.82, 2.24) is 19.8 Å². The molecule has 1 aliphatic rings. The van der Waals surface area contributed by atoms with E-state index in [2.05, 4.69) is 21.9 Å². The third-order valence-electron chi connectivity index (χ3n) is 2.99. The van der Waals surface area contributed by atoms with Crippen LogP contribution in [0.25, 0.3) is 0 Å². The van der Waals surface area contributed by atoms with Crippen LogP contribution in [0.3, 0.4) is 0 Å². The minimum atomic E-state index is -0.0962. The van der Waals surface area contributed by atoms with Crippen molar-refractivity contribution < 1.29 is 9.53 Å². The van der Waals surface area contributed by atoms with Gasteiger partial charge in [0.1, 0.15) is 0 Å². The van der Waals surface area contributed by atoms with Gasteiger partial charge < -0.3 is 14.5 Å². The predicted octanol–water partition coefficient (Wildman–Crippen LogP) is 0.0106. The van der Waals surface area contributed by atoms with Crippen LogP contribution in [0, 0.1) is 0 Å². The Kier molecular flexibility index (Phi) is 4.22. The summed E-state index contributed by atoms with van der Waals surface area (Å²) in [5.41, 5.74) is 0.727. The smallest absolute Gasteiger partial charge is 0.291 e. The number of likely N-dealkylation sites (N-methyl/N-ethyl adjacent to an activating group) is 1. The van der Waals surface area contributed by atoms with E-state index in [9.17, 15) is 4.79 Å². The summed E-state index contributed by atoms with van der Waals surface area (Å²) in [4.78, 5) is 24.5. The summed E-state index contributed by atoms with van der Waals surface area (Å²) in [6.07, 6.45) is 1.60. The largest absolute Gasteiger partial charge is 0.378 e. The normalized spacial score (nSPS) is 16.9. The maximum atomic E-state index is 12.2. The van der Waals surface area contributed by atoms with E-state index in [0.717, 1.165) is 31.9 Å². The van der Waals surface area contributed by atoms with Gasteiger partial charge in [0, 0.05) is 39.5 Å². The second kappa shape index (κ2) is 5.88. The number of carbonyl (C=O) groups excluding carboxylic acids is 1. The summed E-state index contributed by atoms with van der Waals surface area (Å²) in [5.74, 6) is 0.162. The van der Waals surface area contributed by atoms with Crippen LogP contribution in [0.1, 0.15) is 16.3 Å². The molecule has 2 heterocycles. The summed E-state index contributed by atoms with van der Waals surface area (Å²) in [6, 6.07) is 1.75. The predicted molar refractivity (Wildman–Crippen MR) is 66.1 cm³/mol. The Morgan fingerprint density at radius 3 is 2.78 bits per heavy atom. The fraction of sp³-hybridized carbons (Fsp3) is 0.583. The van der Waals surface area contributed by atoms with Crippen LogP contribution in [0.15, 0.2) is 12.3 Å². The lowest BCUT2D eigenvalue weighted by Crippen LogP contribution is -2.47. The van der Waals surface area contributed by atoms with Gasteiger partial charge in [-0.2, -0.15) is 0 Å². The van der Waals surface area contributed by atoms with E-state index in [1.165, 1.54) is 0 Å². The maximum Gasteiger partial charge on any atom is 0.291 e. The SMILES string of the molecule is COCc1ccnc(C(=O)N2CCN(C)CC2)n1. The lowest BCUT2D eigenvalue weighted by Gasteiger charge is -2.31. The molecular weight excluding hydrogens is 232 g/mol. The molecule has 18 heavy (non-hydrogen) atoms. The molecule has 0 N–H and O–H groups in total. The van der Waals surface area contributed by atoms with E-state index in [4.69, 9.17) is 4.74 Å². The Hall–Kier alpha value is -1.53. The lowest BCUT2D eigenvalue weighted by atomic mass is 10.3. The Morgan fingerprint density at radius 2 is 2.11 bits per heavy atom. The van der Waals surface area contributed by atoms with Crippen molar-refractivity contribution in [3.63, 3.8) is 0 Å². The zero-order valence-electron chi connectivity index (χ0n) is 10.8. The fourth-order valence-electron chi connectivity index (χ4n) is 1.88. The quantitative estimate of drug-likeness (QED) is 0.756. The number of carbonyl (C=O) groups is 1. The zero-order chi connectivity index (χ0) is 13.0. The van der Waals surface area contributed by atoms with Crippen LogP contribution in [-0.4, -0.2) is 66.0 Å². The molecule has 0 radical (unpaired) electrons. The van der Waals surface area contributed by atoms with Crippen molar-refractivity contribution in [2.75, 3.05) is 40.3 Å². The average Bonchev–Trinajstić information content (AvgIpc) is 2.39. The topological polar surface area (TPSA) is 58.6 Å². The molecule has 0 aromatic carbocycles. The molecule has 1 aliphatic heterocycles. The number of hydrogen-bond donors (Lipinski definition) is 0. The van der Waals surface area contributed by atoms with Crippen molar-refractivity contribution in [2.45, 2.75) is 6.61 Å². The molecule has 6 nitrogen and oxygen atoms in total. The van der Waals surface area contributed by atoms with Gasteiger partial charge in [0.25, 0.3) is 5.91 Å². The Labute approximate surface area is 107 Å². The van der Waals surface area contributed by atoms with Crippen LogP contribution >= 0.6 is 0 Å². The van der Waals surface area contributed by atoms with Gasteiger partial charge in [0.15, 0.2) is 0 Å². The van der Waals surface area contributed by atoms with Gasteiger partial charge in [-0.1, -0.05) is 0 Å². The van der Waals surface area contributed by atoms with Crippen LogP contribution in [-0.2, 0) is 11.3 Å². The van der Waals surface area contributed by atoms with Gasteiger partial charge in [-0.05, 0) is 13.1 Å². The zero-order valence-corrected chi connectivity index (χ0v) is 10.8. The van der Waals surface area contributed by atoms with Crippen molar-refractivity contribution in [1.29, 1.82) is 0 Å². The van der Waals surface area contributed by atoms with E-state index in [-0.39, 0.29) is 11.7 Å². The van der Waals surface area contributed by atoms with Crippen LogP contribution in [0.4, 0.5) is 0 Å². The van der Waals surface area contributed by atoms with Gasteiger partial charge in [-0.15, -0.1) is 0 Å². The fourth-order valence-corrected chi connectivity index (χ4v) is 1.88. The molecule has 0 saturated carbocycles. The van der Waals surface area contributed by atoms with Gasteiger partial charge in [0.05, 0.1) is 12.3 Å². The number of piperazine rings is 1. The van der Waals surface area contributed by atoms with E-state index in [1.54, 1.807) is 24.3 Å². The van der Waals surface area contributed by atoms with Crippen LogP contribution in [0.2, 0.25) is 0 Å². The molecule has 1 fully saturated rings. The molecule has 0 atom stereocenters. The molecule has 2 rings (SSSR count). The highest BCUT2D eigenvalue weighted by molar-refractivity contribution is 5.90. The number of rotatable bonds is 3. The van der Waals surface area contributed by atoms with E-state index in [1.807, 2.05) is 0 Å². The molecule has 6 heteroatoms. The second-order valence-corrected chi connectivity index (χ2v) is 4.40. The molecule has 0 spiro atoms. The molecule has 98 valence electrons. The van der Waals surface area contributed by atoms with Crippen molar-refractivity contribution in [3.05, 3.63) is 23.8 Å². The van der Waals surface area contributed by atoms with Crippen LogP contribution in [0.5, 0.6) is 0 Å². The van der Waals surface area contributed by atoms with Gasteiger partial charge >= 0.3 is 0 Å². The van der Waals surface area contributed by atoms with Crippen molar-refractivity contribution in [2.24, 2.45) is 0 Å². The molecular formula is C12H18N4O2. The van der Waals surface area contributed by atoms with Crippen molar-refractivity contribution in [3.8, 4) is 0 Å². The summed E-state index contributed by atoms with van der Waals surface area (Å²) in [6.45, 7) is 3.64. The monoisotopic (exact) mass is 250 g/mol. The minimum absolute atomic E-state index is 0.0962. The molecule has 1 saturated heterocycles. The number of hydrogen-bond acceptors (Lipinski definition) is 5. The third kappa shape index (κ3) is 3.02. The number of aromatic nitrogens is 2. The second-order valence-electron chi connectivity index (χ2n) is 4.40. The Bertz CT molecular complexity index is 416. The first kappa shape index (κ1) is 12.9. The first-order valence-electron chi connectivity index (χ1n) is 5.99. The number of methoxy groups -OCH3 is 1. The highest BCUT2D eigenvalue weighted by atomic mass is 16.5. The Morgan fingerprint density at radius 1 is 1.39 bits per heavy atom. The van der Waals surface area contributed by atoms with Gasteiger partial charge in [-0.3, -0.25) is 4.79 Å². The average molecular weight is 250 g/mol. The molecule has 1 aromatic heterocycles. The number of amides is 1.